The number of nitrogens with one attached hydrogen (secondary N) is 3. The van der Waals surface area contributed by atoms with Crippen LogP contribution >= 0.6 is 0 Å². The second-order valence-corrected chi connectivity index (χ2v) is 6.73. The lowest BCUT2D eigenvalue weighted by Crippen LogP contribution is -2.04. The summed E-state index contributed by atoms with van der Waals surface area (Å²) in [4.78, 5) is 12.8. The number of H-pyrrole nitrogens is 1. The normalized spacial score (nSPS) is 10.7. The van der Waals surface area contributed by atoms with E-state index in [0.29, 0.717) is 28.7 Å². The van der Waals surface area contributed by atoms with Gasteiger partial charge in [0, 0.05) is 36.8 Å². The number of anilines is 3. The fourth-order valence-electron chi connectivity index (χ4n) is 2.98. The predicted octanol–water partition coefficient (Wildman–Crippen LogP) is 3.34. The maximum absolute atomic E-state index is 9.77. The van der Waals surface area contributed by atoms with E-state index in [9.17, 15) is 10.5 Å². The SMILES string of the molecule is CNc1nc(Nc2cc(C)[nH]n2)c(C#N)c(C)c1N=Nc1c(C#N)cnn1-c1ncccn1. The van der Waals surface area contributed by atoms with Crippen LogP contribution < -0.4 is 10.6 Å². The van der Waals surface area contributed by atoms with Crippen molar-refractivity contribution in [1.82, 2.24) is 34.9 Å². The fourth-order valence-corrected chi connectivity index (χ4v) is 2.98. The molecule has 33 heavy (non-hydrogen) atoms. The van der Waals surface area contributed by atoms with E-state index in [1.165, 1.54) is 10.9 Å². The van der Waals surface area contributed by atoms with Crippen molar-refractivity contribution in [3.8, 4) is 18.1 Å². The highest BCUT2D eigenvalue weighted by Gasteiger charge is 2.19. The number of aromatic amines is 1. The highest BCUT2D eigenvalue weighted by Crippen LogP contribution is 2.35. The van der Waals surface area contributed by atoms with Crippen LogP contribution in [0, 0.1) is 36.5 Å². The summed E-state index contributed by atoms with van der Waals surface area (Å²) in [5.74, 6) is 1.62. The Kier molecular flexibility index (Phi) is 5.69. The molecule has 0 saturated heterocycles. The Hall–Kier alpha value is -5.17. The standard InChI is InChI=1S/C20H17N13/c1-11-7-15(30-29-11)27-17-14(9-22)12(2)16(18(23-3)28-17)31-32-19-13(8-21)10-26-33(19)20-24-5-4-6-25-20/h4-7,10H,1-3H3,(H3,23,27,28,29,30). The summed E-state index contributed by atoms with van der Waals surface area (Å²) >= 11 is 0. The third-order valence-electron chi connectivity index (χ3n) is 4.57. The van der Waals surface area contributed by atoms with Crippen molar-refractivity contribution in [3.05, 3.63) is 53.1 Å². The molecule has 0 atom stereocenters. The number of nitrogens with zero attached hydrogens (tertiary/aromatic N) is 10. The Morgan fingerprint density at radius 3 is 2.52 bits per heavy atom. The Labute approximate surface area is 187 Å². The summed E-state index contributed by atoms with van der Waals surface area (Å²) in [6, 6.07) is 7.64. The Morgan fingerprint density at radius 1 is 1.09 bits per heavy atom. The number of rotatable bonds is 6. The van der Waals surface area contributed by atoms with Crippen LogP contribution in [0.4, 0.5) is 29.0 Å². The summed E-state index contributed by atoms with van der Waals surface area (Å²) in [5.41, 5.74) is 2.21. The summed E-state index contributed by atoms with van der Waals surface area (Å²) < 4.78 is 1.31. The third-order valence-corrected chi connectivity index (χ3v) is 4.57. The molecular weight excluding hydrogens is 422 g/mol. The van der Waals surface area contributed by atoms with Gasteiger partial charge in [-0.3, -0.25) is 5.10 Å². The molecule has 3 N–H and O–H groups in total. The lowest BCUT2D eigenvalue weighted by atomic mass is 10.1. The van der Waals surface area contributed by atoms with E-state index >= 15 is 0 Å². The minimum atomic E-state index is 0.151. The number of hydrogen-bond acceptors (Lipinski definition) is 11. The van der Waals surface area contributed by atoms with E-state index in [1.807, 2.05) is 13.0 Å². The molecule has 0 unspecified atom stereocenters. The van der Waals surface area contributed by atoms with Gasteiger partial charge in [0.05, 0.1) is 6.20 Å². The molecule has 0 fully saturated rings. The molecule has 13 heteroatoms. The number of pyridine rings is 1. The second-order valence-electron chi connectivity index (χ2n) is 6.73. The molecule has 4 aromatic rings. The molecule has 0 spiro atoms. The highest BCUT2D eigenvalue weighted by atomic mass is 15.4. The molecule has 0 aliphatic carbocycles. The molecule has 13 nitrogen and oxygen atoms in total. The molecule has 0 aliphatic rings. The van der Waals surface area contributed by atoms with Crippen molar-refractivity contribution in [2.75, 3.05) is 17.7 Å². The van der Waals surface area contributed by atoms with Gasteiger partial charge >= 0.3 is 0 Å². The number of nitriles is 2. The van der Waals surface area contributed by atoms with Crippen LogP contribution in [0.1, 0.15) is 22.4 Å². The quantitative estimate of drug-likeness (QED) is 0.379. The molecule has 4 heterocycles. The van der Waals surface area contributed by atoms with Gasteiger partial charge in [0.15, 0.2) is 23.3 Å². The summed E-state index contributed by atoms with van der Waals surface area (Å²) in [5, 5.41) is 44.9. The molecular formula is C20H17N13. The first-order valence-electron chi connectivity index (χ1n) is 9.64. The Morgan fingerprint density at radius 2 is 1.88 bits per heavy atom. The molecule has 162 valence electrons. The largest absolute Gasteiger partial charge is 0.371 e. The van der Waals surface area contributed by atoms with Gasteiger partial charge in [0.2, 0.25) is 0 Å². The molecule has 4 aromatic heterocycles. The number of azo groups is 1. The van der Waals surface area contributed by atoms with Crippen molar-refractivity contribution >= 4 is 29.0 Å². The van der Waals surface area contributed by atoms with Crippen LogP contribution in [-0.4, -0.2) is 42.0 Å². The average molecular weight is 439 g/mol. The smallest absolute Gasteiger partial charge is 0.252 e. The van der Waals surface area contributed by atoms with Crippen LogP contribution in [0.15, 0.2) is 41.0 Å². The first-order chi connectivity index (χ1) is 16.0. The summed E-state index contributed by atoms with van der Waals surface area (Å²) in [6.45, 7) is 3.60. The van der Waals surface area contributed by atoms with Crippen LogP contribution in [0.5, 0.6) is 0 Å². The van der Waals surface area contributed by atoms with Gasteiger partial charge in [-0.2, -0.15) is 25.4 Å². The second kappa shape index (κ2) is 8.91. The topological polar surface area (TPSA) is 182 Å². The Balaban J connectivity index is 1.79. The van der Waals surface area contributed by atoms with Gasteiger partial charge in [0.25, 0.3) is 5.95 Å². The van der Waals surface area contributed by atoms with E-state index < -0.39 is 0 Å². The first kappa shape index (κ1) is 21.1. The van der Waals surface area contributed by atoms with Crippen LogP contribution in [0.25, 0.3) is 5.95 Å². The zero-order chi connectivity index (χ0) is 23.4. The molecule has 0 saturated carbocycles. The van der Waals surface area contributed by atoms with Crippen molar-refractivity contribution in [2.24, 2.45) is 10.2 Å². The molecule has 0 bridgehead atoms. The van der Waals surface area contributed by atoms with Crippen molar-refractivity contribution in [1.29, 1.82) is 10.5 Å². The number of aryl methyl sites for hydroxylation is 1. The van der Waals surface area contributed by atoms with E-state index in [2.05, 4.69) is 57.2 Å². The number of aromatic nitrogens is 7. The van der Waals surface area contributed by atoms with Crippen molar-refractivity contribution in [3.63, 3.8) is 0 Å². The zero-order valence-electron chi connectivity index (χ0n) is 17.9. The maximum atomic E-state index is 9.77. The fraction of sp³-hybridized carbons (Fsp3) is 0.150. The first-order valence-corrected chi connectivity index (χ1v) is 9.64. The summed E-state index contributed by atoms with van der Waals surface area (Å²) in [7, 11) is 1.68. The van der Waals surface area contributed by atoms with Crippen LogP contribution in [0.2, 0.25) is 0 Å². The van der Waals surface area contributed by atoms with Crippen molar-refractivity contribution in [2.45, 2.75) is 13.8 Å². The summed E-state index contributed by atoms with van der Waals surface area (Å²) in [6.07, 6.45) is 4.46. The monoisotopic (exact) mass is 439 g/mol. The minimum absolute atomic E-state index is 0.151. The number of hydrogen-bond donors (Lipinski definition) is 3. The average Bonchev–Trinajstić information content (AvgIpc) is 3.44. The van der Waals surface area contributed by atoms with Gasteiger partial charge < -0.3 is 10.6 Å². The molecule has 0 amide bonds. The minimum Gasteiger partial charge on any atom is -0.371 e. The molecule has 0 radical (unpaired) electrons. The van der Waals surface area contributed by atoms with Crippen molar-refractivity contribution < 1.29 is 0 Å². The highest BCUT2D eigenvalue weighted by molar-refractivity contribution is 5.76. The van der Waals surface area contributed by atoms with Gasteiger partial charge in [-0.05, 0) is 19.9 Å². The zero-order valence-corrected chi connectivity index (χ0v) is 17.9. The third kappa shape index (κ3) is 4.06. The van der Waals surface area contributed by atoms with E-state index in [-0.39, 0.29) is 22.9 Å². The van der Waals surface area contributed by atoms with E-state index in [0.717, 1.165) is 5.69 Å². The lowest BCUT2D eigenvalue weighted by Gasteiger charge is -2.13. The molecule has 0 aromatic carbocycles. The van der Waals surface area contributed by atoms with Gasteiger partial charge in [0.1, 0.15) is 29.0 Å². The Bertz CT molecular complexity index is 1420. The van der Waals surface area contributed by atoms with Gasteiger partial charge in [-0.1, -0.05) is 0 Å². The van der Waals surface area contributed by atoms with E-state index in [1.54, 1.807) is 38.5 Å². The van der Waals surface area contributed by atoms with Gasteiger partial charge in [-0.25, -0.2) is 15.0 Å². The maximum Gasteiger partial charge on any atom is 0.252 e. The predicted molar refractivity (Wildman–Crippen MR) is 118 cm³/mol. The van der Waals surface area contributed by atoms with Crippen LogP contribution in [0.3, 0.4) is 0 Å². The van der Waals surface area contributed by atoms with Crippen LogP contribution in [-0.2, 0) is 0 Å². The molecule has 0 aliphatic heterocycles. The molecule has 4 rings (SSSR count). The van der Waals surface area contributed by atoms with E-state index in [4.69, 9.17) is 0 Å². The lowest BCUT2D eigenvalue weighted by molar-refractivity contribution is 0.803. The van der Waals surface area contributed by atoms with Gasteiger partial charge in [-0.15, -0.1) is 10.2 Å².